The van der Waals surface area contributed by atoms with Crippen LogP contribution in [0.3, 0.4) is 0 Å². The smallest absolute Gasteiger partial charge is 0.380 e. The SMILES string of the molecule is CCNC(=NCCOCC)NC1CCN(c2ncc(C(F)(F)F)cc2Cl)C1.I. The molecule has 1 saturated heterocycles. The summed E-state index contributed by atoms with van der Waals surface area (Å²) in [6.45, 7) is 7.61. The number of nitrogens with zero attached hydrogens (tertiary/aromatic N) is 3. The van der Waals surface area contributed by atoms with Crippen molar-refractivity contribution in [3.05, 3.63) is 22.8 Å². The van der Waals surface area contributed by atoms with Gasteiger partial charge in [0, 0.05) is 38.5 Å². The number of guanidine groups is 1. The van der Waals surface area contributed by atoms with Crippen molar-refractivity contribution in [3.63, 3.8) is 0 Å². The topological polar surface area (TPSA) is 61.8 Å². The number of alkyl halides is 3. The first-order chi connectivity index (χ1) is 12.8. The van der Waals surface area contributed by atoms with E-state index in [0.29, 0.717) is 44.6 Å². The molecule has 0 aromatic carbocycles. The molecule has 0 saturated carbocycles. The number of hydrogen-bond donors (Lipinski definition) is 2. The quantitative estimate of drug-likeness (QED) is 0.242. The lowest BCUT2D eigenvalue weighted by atomic mass is 10.2. The number of aliphatic imine (C=N–C) groups is 1. The van der Waals surface area contributed by atoms with Crippen LogP contribution in [-0.4, -0.2) is 56.4 Å². The minimum absolute atomic E-state index is 0. The summed E-state index contributed by atoms with van der Waals surface area (Å²) >= 11 is 6.04. The highest BCUT2D eigenvalue weighted by atomic mass is 127. The van der Waals surface area contributed by atoms with Crippen LogP contribution in [0.5, 0.6) is 0 Å². The Labute approximate surface area is 185 Å². The maximum Gasteiger partial charge on any atom is 0.417 e. The van der Waals surface area contributed by atoms with Crippen LogP contribution in [0.2, 0.25) is 5.02 Å². The molecule has 28 heavy (non-hydrogen) atoms. The summed E-state index contributed by atoms with van der Waals surface area (Å²) in [6, 6.07) is 1.01. The van der Waals surface area contributed by atoms with Crippen LogP contribution in [0, 0.1) is 0 Å². The van der Waals surface area contributed by atoms with E-state index in [0.717, 1.165) is 25.2 Å². The van der Waals surface area contributed by atoms with Crippen molar-refractivity contribution in [3.8, 4) is 0 Å². The van der Waals surface area contributed by atoms with Crippen molar-refractivity contribution in [1.29, 1.82) is 0 Å². The van der Waals surface area contributed by atoms with E-state index in [4.69, 9.17) is 16.3 Å². The van der Waals surface area contributed by atoms with E-state index in [2.05, 4.69) is 20.6 Å². The first-order valence-corrected chi connectivity index (χ1v) is 9.33. The largest absolute Gasteiger partial charge is 0.417 e. The fourth-order valence-electron chi connectivity index (χ4n) is 2.77. The molecule has 2 rings (SSSR count). The summed E-state index contributed by atoms with van der Waals surface area (Å²) in [6.07, 6.45) is -2.83. The van der Waals surface area contributed by atoms with Crippen LogP contribution in [-0.2, 0) is 10.9 Å². The molecule has 1 aromatic heterocycles. The standard InChI is InChI=1S/C17H25ClF3N5O.HI/c1-3-22-16(23-6-8-27-4-2)25-13-5-7-26(11-13)15-14(18)9-12(10-24-15)17(19,20)21;/h9-10,13H,3-8,11H2,1-2H3,(H2,22,23,25);1H. The molecule has 1 atom stereocenters. The lowest BCUT2D eigenvalue weighted by molar-refractivity contribution is -0.137. The molecule has 160 valence electrons. The molecule has 0 aliphatic carbocycles. The van der Waals surface area contributed by atoms with Gasteiger partial charge in [-0.1, -0.05) is 11.6 Å². The zero-order chi connectivity index (χ0) is 19.9. The number of anilines is 1. The number of nitrogens with one attached hydrogen (secondary N) is 2. The summed E-state index contributed by atoms with van der Waals surface area (Å²) in [7, 11) is 0. The van der Waals surface area contributed by atoms with E-state index in [-0.39, 0.29) is 35.0 Å². The Hall–Kier alpha value is -1.01. The molecule has 0 bridgehead atoms. The van der Waals surface area contributed by atoms with Crippen LogP contribution in [0.4, 0.5) is 19.0 Å². The van der Waals surface area contributed by atoms with Crippen LogP contribution in [0.25, 0.3) is 0 Å². The van der Waals surface area contributed by atoms with Gasteiger partial charge in [0.25, 0.3) is 0 Å². The molecular formula is C17H26ClF3IN5O. The normalized spacial score (nSPS) is 17.4. The number of rotatable bonds is 7. The van der Waals surface area contributed by atoms with E-state index in [1.807, 2.05) is 18.7 Å². The zero-order valence-electron chi connectivity index (χ0n) is 15.9. The van der Waals surface area contributed by atoms with Gasteiger partial charge in [0.15, 0.2) is 5.96 Å². The molecule has 1 aliphatic heterocycles. The summed E-state index contributed by atoms with van der Waals surface area (Å²) in [5.74, 6) is 1.06. The lowest BCUT2D eigenvalue weighted by Gasteiger charge is -2.21. The maximum atomic E-state index is 12.8. The first-order valence-electron chi connectivity index (χ1n) is 8.95. The monoisotopic (exact) mass is 535 g/mol. The van der Waals surface area contributed by atoms with Crippen molar-refractivity contribution >= 4 is 47.4 Å². The number of pyridine rings is 1. The van der Waals surface area contributed by atoms with Crippen molar-refractivity contribution in [2.24, 2.45) is 4.99 Å². The number of aromatic nitrogens is 1. The molecule has 2 heterocycles. The van der Waals surface area contributed by atoms with E-state index in [1.165, 1.54) is 0 Å². The van der Waals surface area contributed by atoms with Gasteiger partial charge in [-0.2, -0.15) is 13.2 Å². The molecule has 1 aliphatic rings. The van der Waals surface area contributed by atoms with Gasteiger partial charge >= 0.3 is 6.18 Å². The summed E-state index contributed by atoms with van der Waals surface area (Å²) in [5.41, 5.74) is -0.846. The highest BCUT2D eigenvalue weighted by molar-refractivity contribution is 14.0. The fourth-order valence-corrected chi connectivity index (χ4v) is 3.05. The molecule has 0 amide bonds. The average molecular weight is 536 g/mol. The van der Waals surface area contributed by atoms with Gasteiger partial charge in [0.1, 0.15) is 5.82 Å². The molecule has 0 spiro atoms. The van der Waals surface area contributed by atoms with Crippen LogP contribution in [0.15, 0.2) is 17.3 Å². The Morgan fingerprint density at radius 3 is 2.79 bits per heavy atom. The molecule has 1 unspecified atom stereocenters. The Balaban J connectivity index is 0.00000392. The van der Waals surface area contributed by atoms with Gasteiger partial charge in [-0.05, 0) is 26.3 Å². The molecular weight excluding hydrogens is 510 g/mol. The predicted molar refractivity (Wildman–Crippen MR) is 116 cm³/mol. The number of halogens is 5. The van der Waals surface area contributed by atoms with Crippen LogP contribution < -0.4 is 15.5 Å². The highest BCUT2D eigenvalue weighted by Gasteiger charge is 2.33. The Kier molecular flexibility index (Phi) is 10.6. The zero-order valence-corrected chi connectivity index (χ0v) is 18.9. The average Bonchev–Trinajstić information content (AvgIpc) is 3.06. The summed E-state index contributed by atoms with van der Waals surface area (Å²) in [5, 5.41) is 6.52. The molecule has 11 heteroatoms. The number of hydrogen-bond acceptors (Lipinski definition) is 4. The van der Waals surface area contributed by atoms with Crippen molar-refractivity contribution in [2.75, 3.05) is 44.3 Å². The fraction of sp³-hybridized carbons (Fsp3) is 0.647. The highest BCUT2D eigenvalue weighted by Crippen LogP contribution is 2.34. The molecule has 1 fully saturated rings. The summed E-state index contributed by atoms with van der Waals surface area (Å²) in [4.78, 5) is 10.3. The van der Waals surface area contributed by atoms with Gasteiger partial charge < -0.3 is 20.3 Å². The van der Waals surface area contributed by atoms with Crippen molar-refractivity contribution in [2.45, 2.75) is 32.5 Å². The second-order valence-electron chi connectivity index (χ2n) is 6.06. The third kappa shape index (κ3) is 7.43. The summed E-state index contributed by atoms with van der Waals surface area (Å²) < 4.78 is 43.5. The third-order valence-corrected chi connectivity index (χ3v) is 4.31. The molecule has 6 nitrogen and oxygen atoms in total. The van der Waals surface area contributed by atoms with Gasteiger partial charge in [0.2, 0.25) is 0 Å². The van der Waals surface area contributed by atoms with E-state index < -0.39 is 11.7 Å². The second-order valence-corrected chi connectivity index (χ2v) is 6.47. The van der Waals surface area contributed by atoms with Crippen molar-refractivity contribution < 1.29 is 17.9 Å². The van der Waals surface area contributed by atoms with Gasteiger partial charge in [0.05, 0.1) is 23.7 Å². The van der Waals surface area contributed by atoms with E-state index >= 15 is 0 Å². The second kappa shape index (κ2) is 11.9. The molecule has 1 aromatic rings. The van der Waals surface area contributed by atoms with Crippen molar-refractivity contribution in [1.82, 2.24) is 15.6 Å². The Bertz CT molecular complexity index is 648. The van der Waals surface area contributed by atoms with Crippen LogP contribution >= 0.6 is 35.6 Å². The lowest BCUT2D eigenvalue weighted by Crippen LogP contribution is -2.44. The Morgan fingerprint density at radius 2 is 2.18 bits per heavy atom. The van der Waals surface area contributed by atoms with Gasteiger partial charge in [-0.3, -0.25) is 4.99 Å². The van der Waals surface area contributed by atoms with Crippen LogP contribution in [0.1, 0.15) is 25.8 Å². The minimum Gasteiger partial charge on any atom is -0.380 e. The maximum absolute atomic E-state index is 12.8. The Morgan fingerprint density at radius 1 is 1.43 bits per heavy atom. The first kappa shape index (κ1) is 25.0. The van der Waals surface area contributed by atoms with Gasteiger partial charge in [-0.25, -0.2) is 4.98 Å². The predicted octanol–water partition coefficient (Wildman–Crippen LogP) is 3.54. The minimum atomic E-state index is -4.46. The van der Waals surface area contributed by atoms with Gasteiger partial charge in [-0.15, -0.1) is 24.0 Å². The van der Waals surface area contributed by atoms with E-state index in [9.17, 15) is 13.2 Å². The molecule has 2 N–H and O–H groups in total. The number of ether oxygens (including phenoxy) is 1. The molecule has 0 radical (unpaired) electrons. The van der Waals surface area contributed by atoms with E-state index in [1.54, 1.807) is 0 Å². The third-order valence-electron chi connectivity index (χ3n) is 4.03.